The molecule has 1 unspecified atom stereocenters. The minimum Gasteiger partial charge on any atom is -0.481 e. The van der Waals surface area contributed by atoms with Gasteiger partial charge in [-0.05, 0) is 49.1 Å². The van der Waals surface area contributed by atoms with Gasteiger partial charge in [-0.25, -0.2) is 13.8 Å². The van der Waals surface area contributed by atoms with Crippen molar-refractivity contribution in [3.8, 4) is 5.75 Å². The summed E-state index contributed by atoms with van der Waals surface area (Å²) in [6.07, 6.45) is 4.71. The molecule has 0 aliphatic carbocycles. The Hall–Kier alpha value is -3.22. The van der Waals surface area contributed by atoms with Crippen LogP contribution in [0.5, 0.6) is 5.75 Å². The number of rotatable bonds is 6. The third-order valence-electron chi connectivity index (χ3n) is 5.16. The average molecular weight is 412 g/mol. The van der Waals surface area contributed by atoms with Gasteiger partial charge >= 0.3 is 0 Å². The van der Waals surface area contributed by atoms with E-state index in [2.05, 4.69) is 4.98 Å². The predicted octanol–water partition coefficient (Wildman–Crippen LogP) is 4.68. The van der Waals surface area contributed by atoms with Crippen molar-refractivity contribution >= 4 is 5.91 Å². The van der Waals surface area contributed by atoms with Crippen molar-refractivity contribution in [2.24, 2.45) is 0 Å². The zero-order chi connectivity index (χ0) is 20.9. The number of amides is 1. The van der Waals surface area contributed by atoms with Crippen LogP contribution in [0.2, 0.25) is 0 Å². The number of hydrogen-bond acceptors (Lipinski definition) is 4. The first-order valence-corrected chi connectivity index (χ1v) is 9.96. The zero-order valence-electron chi connectivity index (χ0n) is 16.4. The lowest BCUT2D eigenvalue weighted by molar-refractivity contribution is -0.137. The van der Waals surface area contributed by atoms with Crippen LogP contribution in [0, 0.1) is 11.6 Å². The van der Waals surface area contributed by atoms with Crippen LogP contribution in [0.15, 0.2) is 59.1 Å². The smallest absolute Gasteiger partial charge is 0.261 e. The zero-order valence-corrected chi connectivity index (χ0v) is 16.4. The Bertz CT molecular complexity index is 1000. The van der Waals surface area contributed by atoms with Crippen LogP contribution in [0.1, 0.15) is 42.5 Å². The van der Waals surface area contributed by atoms with Crippen molar-refractivity contribution in [2.45, 2.75) is 31.7 Å². The van der Waals surface area contributed by atoms with Gasteiger partial charge in [0.05, 0.1) is 6.20 Å². The van der Waals surface area contributed by atoms with Gasteiger partial charge in [0.1, 0.15) is 17.6 Å². The molecule has 7 heteroatoms. The van der Waals surface area contributed by atoms with Crippen LogP contribution in [-0.2, 0) is 11.2 Å². The van der Waals surface area contributed by atoms with E-state index < -0.39 is 5.82 Å². The van der Waals surface area contributed by atoms with Crippen LogP contribution in [0.3, 0.4) is 0 Å². The van der Waals surface area contributed by atoms with E-state index in [1.807, 2.05) is 0 Å². The van der Waals surface area contributed by atoms with Gasteiger partial charge < -0.3 is 14.1 Å². The lowest BCUT2D eigenvalue weighted by atomic mass is 10.0. The molecule has 30 heavy (non-hydrogen) atoms. The van der Waals surface area contributed by atoms with Crippen LogP contribution in [0.25, 0.3) is 0 Å². The molecule has 5 nitrogen and oxygen atoms in total. The number of likely N-dealkylation sites (tertiary alicyclic amines) is 1. The summed E-state index contributed by atoms with van der Waals surface area (Å²) in [4.78, 5) is 18.8. The maximum Gasteiger partial charge on any atom is 0.261 e. The monoisotopic (exact) mass is 412 g/mol. The first-order valence-electron chi connectivity index (χ1n) is 9.96. The highest BCUT2D eigenvalue weighted by Gasteiger charge is 2.31. The van der Waals surface area contributed by atoms with E-state index in [0.717, 1.165) is 24.8 Å². The molecule has 1 amide bonds. The highest BCUT2D eigenvalue weighted by atomic mass is 19.1. The number of nitrogens with zero attached hydrogens (tertiary/aromatic N) is 2. The second kappa shape index (κ2) is 9.07. The average Bonchev–Trinajstić information content (AvgIpc) is 3.23. The molecule has 0 N–H and O–H groups in total. The summed E-state index contributed by atoms with van der Waals surface area (Å²) in [6, 6.07) is 11.9. The second-order valence-electron chi connectivity index (χ2n) is 7.29. The Morgan fingerprint density at radius 1 is 1.13 bits per heavy atom. The second-order valence-corrected chi connectivity index (χ2v) is 7.29. The number of benzene rings is 2. The third kappa shape index (κ3) is 4.67. The molecule has 156 valence electrons. The molecule has 1 atom stereocenters. The third-order valence-corrected chi connectivity index (χ3v) is 5.16. The van der Waals surface area contributed by atoms with E-state index in [1.165, 1.54) is 24.3 Å². The first kappa shape index (κ1) is 20.1. The molecule has 2 aromatic carbocycles. The number of piperidine rings is 1. The molecule has 1 fully saturated rings. The summed E-state index contributed by atoms with van der Waals surface area (Å²) in [7, 11) is 0. The molecule has 4 rings (SSSR count). The van der Waals surface area contributed by atoms with Gasteiger partial charge in [-0.15, -0.1) is 0 Å². The summed E-state index contributed by atoms with van der Waals surface area (Å²) in [5.41, 5.74) is 0.911. The fourth-order valence-corrected chi connectivity index (χ4v) is 3.63. The molecule has 1 aliphatic rings. The fourth-order valence-electron chi connectivity index (χ4n) is 3.63. The number of halogens is 2. The highest BCUT2D eigenvalue weighted by molar-refractivity contribution is 5.78. The minimum absolute atomic E-state index is 0.0529. The highest BCUT2D eigenvalue weighted by Crippen LogP contribution is 2.31. The molecular formula is C23H22F2N2O3. The largest absolute Gasteiger partial charge is 0.481 e. The van der Waals surface area contributed by atoms with Crippen molar-refractivity contribution < 1.29 is 22.7 Å². The maximum absolute atomic E-state index is 13.7. The number of carbonyl (C=O) groups is 1. The van der Waals surface area contributed by atoms with Gasteiger partial charge in [0.25, 0.3) is 5.91 Å². The van der Waals surface area contributed by atoms with Crippen LogP contribution in [0.4, 0.5) is 8.78 Å². The van der Waals surface area contributed by atoms with Crippen molar-refractivity contribution in [2.75, 3.05) is 13.2 Å². The van der Waals surface area contributed by atoms with Crippen molar-refractivity contribution in [1.29, 1.82) is 0 Å². The molecule has 2 heterocycles. The van der Waals surface area contributed by atoms with E-state index in [9.17, 15) is 13.6 Å². The molecular weight excluding hydrogens is 390 g/mol. The number of aromatic nitrogens is 1. The molecule has 0 radical (unpaired) electrons. The van der Waals surface area contributed by atoms with E-state index >= 15 is 0 Å². The molecule has 3 aromatic rings. The van der Waals surface area contributed by atoms with E-state index in [1.54, 1.807) is 35.4 Å². The van der Waals surface area contributed by atoms with E-state index in [-0.39, 0.29) is 30.1 Å². The van der Waals surface area contributed by atoms with Gasteiger partial charge in [-0.2, -0.15) is 0 Å². The van der Waals surface area contributed by atoms with E-state index in [0.29, 0.717) is 24.6 Å². The summed E-state index contributed by atoms with van der Waals surface area (Å²) in [5.74, 6) is 0.159. The lowest BCUT2D eigenvalue weighted by Crippen LogP contribution is -2.41. The van der Waals surface area contributed by atoms with Crippen molar-refractivity contribution in [3.63, 3.8) is 0 Å². The van der Waals surface area contributed by atoms with Crippen LogP contribution < -0.4 is 4.74 Å². The standard InChI is InChI=1S/C23H22F2N2O3/c24-17-10-8-16(9-11-17)13-18-14-26-23(30-18)20-6-3-4-12-27(20)22(28)15-29-21-7-2-1-5-19(21)25/h1-2,5,7-11,14,20H,3-4,6,12-13,15H2. The molecule has 1 aromatic heterocycles. The molecule has 0 spiro atoms. The van der Waals surface area contributed by atoms with Gasteiger partial charge in [0, 0.05) is 13.0 Å². The van der Waals surface area contributed by atoms with Gasteiger partial charge in [0.15, 0.2) is 18.2 Å². The Labute approximate surface area is 173 Å². The van der Waals surface area contributed by atoms with Gasteiger partial charge in [-0.1, -0.05) is 24.3 Å². The first-order chi connectivity index (χ1) is 14.6. The summed E-state index contributed by atoms with van der Waals surface area (Å²) in [6.45, 7) is 0.320. The molecule has 1 saturated heterocycles. The van der Waals surface area contributed by atoms with Crippen molar-refractivity contribution in [3.05, 3.63) is 83.6 Å². The Balaban J connectivity index is 1.43. The Morgan fingerprint density at radius 2 is 1.93 bits per heavy atom. The van der Waals surface area contributed by atoms with Gasteiger partial charge in [0.2, 0.25) is 5.89 Å². The summed E-state index contributed by atoms with van der Waals surface area (Å²) in [5, 5.41) is 0. The quantitative estimate of drug-likeness (QED) is 0.590. The predicted molar refractivity (Wildman–Crippen MR) is 106 cm³/mol. The lowest BCUT2D eigenvalue weighted by Gasteiger charge is -2.33. The number of oxazole rings is 1. The Kier molecular flexibility index (Phi) is 6.07. The van der Waals surface area contributed by atoms with Crippen molar-refractivity contribution in [1.82, 2.24) is 9.88 Å². The topological polar surface area (TPSA) is 55.6 Å². The minimum atomic E-state index is -0.501. The normalized spacial score (nSPS) is 16.5. The number of hydrogen-bond donors (Lipinski definition) is 0. The van der Waals surface area contributed by atoms with Crippen LogP contribution in [-0.4, -0.2) is 28.9 Å². The fraction of sp³-hybridized carbons (Fsp3) is 0.304. The van der Waals surface area contributed by atoms with Crippen LogP contribution >= 0.6 is 0 Å². The summed E-state index contributed by atoms with van der Waals surface area (Å²) >= 11 is 0. The molecule has 1 aliphatic heterocycles. The van der Waals surface area contributed by atoms with E-state index in [4.69, 9.17) is 9.15 Å². The van der Waals surface area contributed by atoms with Gasteiger partial charge in [-0.3, -0.25) is 4.79 Å². The maximum atomic E-state index is 13.7. The molecule has 0 bridgehead atoms. The molecule has 0 saturated carbocycles. The SMILES string of the molecule is O=C(COc1ccccc1F)N1CCCCC1c1ncc(Cc2ccc(F)cc2)o1. The number of ether oxygens (including phenoxy) is 1. The Morgan fingerprint density at radius 3 is 2.73 bits per heavy atom. The number of para-hydroxylation sites is 1. The number of carbonyl (C=O) groups excluding carboxylic acids is 1. The summed E-state index contributed by atoms with van der Waals surface area (Å²) < 4.78 is 38.1.